The van der Waals surface area contributed by atoms with Gasteiger partial charge in [-0.2, -0.15) is 0 Å². The molecule has 3 fully saturated rings. The lowest BCUT2D eigenvalue weighted by molar-refractivity contribution is -0.309. The Morgan fingerprint density at radius 1 is 0.759 bits per heavy atom. The van der Waals surface area contributed by atoms with E-state index in [9.17, 15) is 60.3 Å². The number of nitrogens with two attached hydrogens (primary N) is 3. The highest BCUT2D eigenvalue weighted by molar-refractivity contribution is 6.32. The zero-order chi connectivity index (χ0) is 81.7. The summed E-state index contributed by atoms with van der Waals surface area (Å²) >= 11 is 14.0. The number of carboxylic acid groups (broad SMARTS) is 1. The van der Waals surface area contributed by atoms with Crippen LogP contribution in [0.2, 0.25) is 5.02 Å². The van der Waals surface area contributed by atoms with E-state index in [1.54, 1.807) is 13.8 Å². The van der Waals surface area contributed by atoms with E-state index < -0.39 is 239 Å². The van der Waals surface area contributed by atoms with Gasteiger partial charge in [-0.3, -0.25) is 33.6 Å². The van der Waals surface area contributed by atoms with Gasteiger partial charge in [0.25, 0.3) is 0 Å². The molecule has 22 N–H and O–H groups in total. The molecule has 606 valence electrons. The molecule has 0 unspecified atom stereocenters. The lowest BCUT2D eigenvalue weighted by atomic mass is 9.86. The van der Waals surface area contributed by atoms with E-state index in [1.807, 2.05) is 13.8 Å². The number of aliphatic hydroxyl groups excluding tert-OH is 5. The monoisotopic (exact) mass is 1600 g/mol. The van der Waals surface area contributed by atoms with E-state index in [-0.39, 0.29) is 81.5 Å². The molecular weight excluding hydrogens is 1510 g/mol. The third kappa shape index (κ3) is 17.5. The maximum atomic E-state index is 16.5. The molecule has 35 nitrogen and oxygen atoms in total. The number of aromatic hydroxyl groups is 1. The van der Waals surface area contributed by atoms with Gasteiger partial charge in [0, 0.05) is 41.5 Å². The Morgan fingerprint density at radius 3 is 1.98 bits per heavy atom. The smallest absolute Gasteiger partial charge is 0.330 e. The lowest BCUT2D eigenvalue weighted by Crippen LogP contribution is -2.62. The number of carbonyl (C=O) groups is 8. The number of alkyl halides is 1. The molecule has 21 atom stereocenters. The van der Waals surface area contributed by atoms with Crippen LogP contribution in [0.4, 0.5) is 0 Å². The average molecular weight is 1600 g/mol. The number of allylic oxidation sites excluding steroid dienone is 3. The Bertz CT molecular complexity index is 4410. The van der Waals surface area contributed by atoms with Gasteiger partial charge in [-0.1, -0.05) is 62.4 Å². The Kier molecular flexibility index (Phi) is 25.2. The molecule has 7 heterocycles. The van der Waals surface area contributed by atoms with Crippen LogP contribution in [-0.2, 0) is 67.8 Å². The van der Waals surface area contributed by atoms with Crippen molar-refractivity contribution < 1.29 is 122 Å². The lowest BCUT2D eigenvalue weighted by Gasteiger charge is -2.45. The molecule has 12 rings (SSSR count). The van der Waals surface area contributed by atoms with Crippen molar-refractivity contribution in [3.8, 4) is 39.9 Å². The Balaban J connectivity index is 1.19. The minimum atomic E-state index is -3.04. The quantitative estimate of drug-likeness (QED) is 0.0487. The molecule has 8 aliphatic rings. The summed E-state index contributed by atoms with van der Waals surface area (Å²) in [7, 11) is 1.48. The van der Waals surface area contributed by atoms with Gasteiger partial charge in [0.2, 0.25) is 59.2 Å². The van der Waals surface area contributed by atoms with Crippen LogP contribution in [0.1, 0.15) is 131 Å². The topological polar surface area (TPSA) is 555 Å². The number of ether oxygens (including phenoxy) is 8. The predicted molar refractivity (Wildman–Crippen MR) is 393 cm³/mol. The number of primary amides is 1. The van der Waals surface area contributed by atoms with Crippen molar-refractivity contribution in [2.24, 2.45) is 23.1 Å². The molecule has 37 heteroatoms. The van der Waals surface area contributed by atoms with E-state index in [4.69, 9.17) is 78.3 Å². The molecular formula is C75H92Cl2N10O25. The van der Waals surface area contributed by atoms with E-state index in [0.717, 1.165) is 48.5 Å². The molecule has 112 heavy (non-hydrogen) atoms. The first-order valence-electron chi connectivity index (χ1n) is 36.0. The number of phenols is 1. The largest absolute Gasteiger partial charge is 0.508 e. The van der Waals surface area contributed by atoms with Gasteiger partial charge in [0.1, 0.15) is 71.9 Å². The van der Waals surface area contributed by atoms with Gasteiger partial charge in [0.15, 0.2) is 30.1 Å². The van der Waals surface area contributed by atoms with Crippen LogP contribution in [0, 0.1) is 5.92 Å². The third-order valence-electron chi connectivity index (χ3n) is 20.7. The van der Waals surface area contributed by atoms with Crippen LogP contribution in [0.25, 0.3) is 11.1 Å². The fraction of sp³-hybridized carbons (Fsp3) is 0.493. The average Bonchev–Trinajstić information content (AvgIpc) is 1.56. The number of hydrogen-bond donors (Lipinski definition) is 19. The highest BCUT2D eigenvalue weighted by Gasteiger charge is 2.51. The Labute approximate surface area is 651 Å². The molecule has 4 aromatic carbocycles. The number of carboxylic acids is 1. The van der Waals surface area contributed by atoms with Gasteiger partial charge in [0.05, 0.1) is 60.5 Å². The van der Waals surface area contributed by atoms with E-state index in [0.29, 0.717) is 0 Å². The number of phenolic OH excluding ortho intramolecular Hbond substituents is 1. The first kappa shape index (κ1) is 84.0. The number of nitrogens with one attached hydrogen (secondary N) is 7. The van der Waals surface area contributed by atoms with E-state index in [2.05, 4.69) is 43.8 Å². The summed E-state index contributed by atoms with van der Waals surface area (Å²) in [6.07, 6.45) is -15.5. The summed E-state index contributed by atoms with van der Waals surface area (Å²) in [4.78, 5) is 120. The van der Waals surface area contributed by atoms with Crippen molar-refractivity contribution in [3.05, 3.63) is 135 Å². The Morgan fingerprint density at radius 2 is 1.38 bits per heavy atom. The summed E-state index contributed by atoms with van der Waals surface area (Å²) in [6, 6.07) is -2.99. The van der Waals surface area contributed by atoms with Crippen LogP contribution in [0.15, 0.2) is 96.8 Å². The molecule has 3 saturated heterocycles. The van der Waals surface area contributed by atoms with Crippen molar-refractivity contribution in [1.82, 2.24) is 37.2 Å². The highest BCUT2D eigenvalue weighted by atomic mass is 35.5. The summed E-state index contributed by atoms with van der Waals surface area (Å²) in [5, 5.41) is 121. The third-order valence-corrected chi connectivity index (χ3v) is 21.3. The second-order valence-corrected chi connectivity index (χ2v) is 30.5. The minimum Gasteiger partial charge on any atom is -0.508 e. The van der Waals surface area contributed by atoms with E-state index in [1.165, 1.54) is 51.2 Å². The van der Waals surface area contributed by atoms with Crippen molar-refractivity contribution in [3.63, 3.8) is 0 Å². The van der Waals surface area contributed by atoms with Crippen LogP contribution in [-0.4, -0.2) is 216 Å². The molecule has 0 aromatic heterocycles. The van der Waals surface area contributed by atoms with Gasteiger partial charge in [-0.25, -0.2) is 4.79 Å². The normalized spacial score (nSPS) is 33.2. The molecule has 4 aromatic rings. The maximum Gasteiger partial charge on any atom is 0.330 e. The number of benzene rings is 4. The summed E-state index contributed by atoms with van der Waals surface area (Å²) in [5.41, 5.74) is 13.4. The number of hydrogen-bond acceptors (Lipinski definition) is 27. The number of aliphatic carboxylic acids is 1. The fourth-order valence-electron chi connectivity index (χ4n) is 14.8. The van der Waals surface area contributed by atoms with Gasteiger partial charge in [-0.15, -0.1) is 11.6 Å². The standard InChI is InChI=1S/C75H92Cl2N10O25/c1-9-32-10-13-37(27-76)107-47-19-35-20-48(62(47)112-72-49(24-45(90)50(28-88)110-72)109-52-25-73(6,79)63(93)30(4)105-52)108-46-15-12-34(18-42(46)77)60(92)58(86-65(95)43(81-8)16-29(2)3)69(99)82-44(23-51(78)91)66(96)83-56(35)68(98)84-55-33-11-14-40-38(17-33)54-39(21-36(89)22-41(54)75(40,103)104)57(71(101)102)85-70(100)59(87-67(55)97)61(32)111-53-26-74(7,80)64(94)31(5)106-53/h9-15,17-22,29-31,43-45,49-50,52-53,55-61,63-64,72,81,88-90,92-94,103-104H,1,16,23-28,79-80H2,2-8H3,(H2,78,91)(H,82,99)(H,83,96)(H,84,98)(H,85,100)(H,86,95)(H,87,97)(H,101,102)/b32-10+,37-13+/t30-,31-,43+,44-,45-,49+,50+,52-,53-,55+,56+,57-,58+,59-,60+,61+,63-,64-,72-,73-,74-/m0/s1. The van der Waals surface area contributed by atoms with E-state index >= 15 is 24.0 Å². The Hall–Kier alpha value is -8.96. The van der Waals surface area contributed by atoms with Gasteiger partial charge >= 0.3 is 5.97 Å². The summed E-state index contributed by atoms with van der Waals surface area (Å²) in [6.45, 7) is 12.9. The first-order chi connectivity index (χ1) is 52.7. The number of aliphatic hydroxyl groups is 7. The predicted octanol–water partition coefficient (Wildman–Crippen LogP) is -0.0435. The zero-order valence-electron chi connectivity index (χ0n) is 61.8. The molecule has 0 radical (unpaired) electrons. The first-order valence-corrected chi connectivity index (χ1v) is 36.9. The van der Waals surface area contributed by atoms with Crippen molar-refractivity contribution >= 4 is 70.5 Å². The highest BCUT2D eigenvalue weighted by Crippen LogP contribution is 2.52. The molecule has 1 aliphatic carbocycles. The van der Waals surface area contributed by atoms with Crippen molar-refractivity contribution in [2.75, 3.05) is 19.5 Å². The fourth-order valence-corrected chi connectivity index (χ4v) is 15.2. The molecule has 7 aliphatic heterocycles. The number of carbonyl (C=O) groups excluding carboxylic acids is 7. The summed E-state index contributed by atoms with van der Waals surface area (Å²) < 4.78 is 52.2. The second-order valence-electron chi connectivity index (χ2n) is 29.8. The summed E-state index contributed by atoms with van der Waals surface area (Å²) in [5.74, 6) is -17.4. The SMILES string of the molecule is C=C/C1=C\C=C(/CCl)Oc2cc3cc(c2O[C@@H]2O[C@H](CO)[C@@H](O)C[C@H]2O[C@H]2C[C@](C)(N)[C@@H](O)[C@H](C)O2)Oc2ccc(cc2Cl)[C@@H](O)[C@@H](NC(=O)[C@@H](CC(C)C)NC)C(=O)N[C@@H](CC(N)=O)C(=O)N[C@H]3C(=O)N[C@H]2C(=O)N[C@H](C(=O)N[C@H](C(=O)O)c3cc(O)cc4c3-c3cc2ccc3C4(O)O)[C@@H]1O[C@H]1C[C@](C)(N)[C@@H](O)[C@H](C)O1. The molecule has 0 spiro atoms. The molecule has 7 amide bonds. The zero-order valence-corrected chi connectivity index (χ0v) is 63.3. The second kappa shape index (κ2) is 33.6. The van der Waals surface area contributed by atoms with Crippen LogP contribution < -0.4 is 68.6 Å². The van der Waals surface area contributed by atoms with Gasteiger partial charge in [-0.05, 0) is 135 Å². The number of rotatable bonds is 17. The number of halogens is 2. The number of likely N-dealkylation sites (N-methyl/N-ethyl adjacent to an activating group) is 1. The molecule has 9 bridgehead atoms. The number of fused-ring (bicyclic) bond motifs is 14. The van der Waals surface area contributed by atoms with Crippen LogP contribution in [0.5, 0.6) is 28.7 Å². The number of amides is 7. The van der Waals surface area contributed by atoms with Crippen molar-refractivity contribution in [1.29, 1.82) is 0 Å². The minimum absolute atomic E-state index is 0.0992. The molecule has 0 saturated carbocycles. The maximum absolute atomic E-state index is 16.5. The van der Waals surface area contributed by atoms with Crippen LogP contribution >= 0.6 is 23.2 Å². The van der Waals surface area contributed by atoms with Gasteiger partial charge < -0.3 is 138 Å². The van der Waals surface area contributed by atoms with Crippen molar-refractivity contribution in [2.45, 2.75) is 207 Å². The van der Waals surface area contributed by atoms with Crippen LogP contribution in [0.3, 0.4) is 0 Å².